The second-order valence-corrected chi connectivity index (χ2v) is 9.24. The number of hydrogen-bond donors (Lipinski definition) is 2. The van der Waals surface area contributed by atoms with Gasteiger partial charge in [0.25, 0.3) is 5.91 Å². The van der Waals surface area contributed by atoms with Gasteiger partial charge in [0.2, 0.25) is 0 Å². The summed E-state index contributed by atoms with van der Waals surface area (Å²) < 4.78 is 41.2. The second-order valence-electron chi connectivity index (χ2n) is 8.83. The quantitative estimate of drug-likeness (QED) is 0.303. The number of alkyl halides is 3. The van der Waals surface area contributed by atoms with E-state index in [1.165, 1.54) is 35.5 Å². The Labute approximate surface area is 220 Å². The molecule has 3 heterocycles. The lowest BCUT2D eigenvalue weighted by molar-refractivity contribution is -0.137. The average Bonchev–Trinajstić information content (AvgIpc) is 3.62. The molecule has 12 heteroatoms. The Morgan fingerprint density at radius 3 is 2.50 bits per heavy atom. The molecular formula is C26H22ClF3N6O2. The Kier molecular flexibility index (Phi) is 6.94. The number of ketones is 1. The Morgan fingerprint density at radius 2 is 1.79 bits per heavy atom. The number of aromatic nitrogens is 4. The summed E-state index contributed by atoms with van der Waals surface area (Å²) in [5.41, 5.74) is 0.559. The lowest BCUT2D eigenvalue weighted by Gasteiger charge is -2.29. The summed E-state index contributed by atoms with van der Waals surface area (Å²) in [5.74, 6) is -0.888. The number of hydrogen-bond acceptors (Lipinski definition) is 5. The van der Waals surface area contributed by atoms with E-state index in [4.69, 9.17) is 11.6 Å². The highest BCUT2D eigenvalue weighted by Crippen LogP contribution is 2.36. The summed E-state index contributed by atoms with van der Waals surface area (Å²) in [6.45, 7) is 1.70. The minimum Gasteiger partial charge on any atom is -0.372 e. The van der Waals surface area contributed by atoms with E-state index in [0.29, 0.717) is 0 Å². The second kappa shape index (κ2) is 10.3. The molecule has 0 aliphatic carbocycles. The first-order chi connectivity index (χ1) is 18.2. The molecule has 1 saturated heterocycles. The van der Waals surface area contributed by atoms with Crippen molar-refractivity contribution >= 4 is 34.7 Å². The molecular weight excluding hydrogens is 521 g/mol. The Bertz CT molecular complexity index is 1480. The van der Waals surface area contributed by atoms with Crippen LogP contribution in [0.25, 0.3) is 5.69 Å². The van der Waals surface area contributed by atoms with Crippen molar-refractivity contribution in [3.05, 3.63) is 88.7 Å². The van der Waals surface area contributed by atoms with Crippen LogP contribution in [0.4, 0.5) is 24.5 Å². The molecule has 0 spiro atoms. The molecule has 0 atom stereocenters. The number of imidazole rings is 1. The van der Waals surface area contributed by atoms with Crippen LogP contribution < -0.4 is 10.2 Å². The number of nitrogens with one attached hydrogen (secondary N) is 2. The maximum absolute atomic E-state index is 13.6. The molecule has 1 aliphatic heterocycles. The summed E-state index contributed by atoms with van der Waals surface area (Å²) in [7, 11) is 0. The van der Waals surface area contributed by atoms with E-state index in [2.05, 4.69) is 25.3 Å². The van der Waals surface area contributed by atoms with Gasteiger partial charge < -0.3 is 15.2 Å². The number of halogens is 4. The number of piperidine rings is 1. The molecule has 0 unspecified atom stereocenters. The first kappa shape index (κ1) is 25.5. The molecule has 5 rings (SSSR count). The molecule has 1 amide bonds. The molecule has 2 aromatic carbocycles. The number of nitrogens with zero attached hydrogens (tertiary/aromatic N) is 4. The molecule has 1 fully saturated rings. The highest BCUT2D eigenvalue weighted by Gasteiger charge is 2.33. The number of anilines is 2. The maximum Gasteiger partial charge on any atom is 0.417 e. The van der Waals surface area contributed by atoms with Crippen LogP contribution in [-0.2, 0) is 6.18 Å². The molecule has 38 heavy (non-hydrogen) atoms. The fourth-order valence-corrected chi connectivity index (χ4v) is 4.58. The van der Waals surface area contributed by atoms with Gasteiger partial charge in [-0.1, -0.05) is 11.6 Å². The van der Waals surface area contributed by atoms with Gasteiger partial charge >= 0.3 is 6.18 Å². The smallest absolute Gasteiger partial charge is 0.372 e. The maximum atomic E-state index is 13.6. The summed E-state index contributed by atoms with van der Waals surface area (Å²) in [5, 5.41) is 6.39. The van der Waals surface area contributed by atoms with Crippen molar-refractivity contribution in [2.24, 2.45) is 0 Å². The monoisotopic (exact) mass is 542 g/mol. The number of amides is 1. The van der Waals surface area contributed by atoms with Crippen LogP contribution in [0.3, 0.4) is 0 Å². The van der Waals surface area contributed by atoms with Crippen molar-refractivity contribution in [2.75, 3.05) is 23.3 Å². The Balaban J connectivity index is 1.49. The molecule has 0 radical (unpaired) electrons. The standard InChI is InChI=1S/C26H22ClF3N6O2/c27-21-6-4-18(13-20(21)26(28,29)30)36-15-16(14-33-36)23(37)19-12-17(35-10-2-1-3-11-35)5-7-22(19)34-25(38)24-31-8-9-32-24/h4-9,12-15H,1-3,10-11H2,(H,31,32)(H,34,38). The number of benzene rings is 2. The SMILES string of the molecule is O=C(Nc1ccc(N2CCCCC2)cc1C(=O)c1cnn(-c2ccc(Cl)c(C(F)(F)F)c2)c1)c1ncc[nH]1. The summed E-state index contributed by atoms with van der Waals surface area (Å²) in [4.78, 5) is 35.1. The molecule has 4 aromatic rings. The molecule has 0 saturated carbocycles. The van der Waals surface area contributed by atoms with Crippen molar-refractivity contribution in [1.82, 2.24) is 19.7 Å². The predicted octanol–water partition coefficient (Wildman–Crippen LogP) is 5.74. The first-order valence-corrected chi connectivity index (χ1v) is 12.2. The van der Waals surface area contributed by atoms with Gasteiger partial charge in [-0.15, -0.1) is 0 Å². The fourth-order valence-electron chi connectivity index (χ4n) is 4.36. The van der Waals surface area contributed by atoms with Crippen LogP contribution in [0, 0.1) is 0 Å². The number of aromatic amines is 1. The van der Waals surface area contributed by atoms with Gasteiger partial charge in [0.05, 0.1) is 33.7 Å². The highest BCUT2D eigenvalue weighted by molar-refractivity contribution is 6.31. The minimum atomic E-state index is -4.64. The van der Waals surface area contributed by atoms with Crippen molar-refractivity contribution in [3.8, 4) is 5.69 Å². The Morgan fingerprint density at radius 1 is 1.03 bits per heavy atom. The molecule has 2 aromatic heterocycles. The van der Waals surface area contributed by atoms with E-state index < -0.39 is 28.5 Å². The van der Waals surface area contributed by atoms with Crippen LogP contribution in [0.1, 0.15) is 51.4 Å². The normalized spacial score (nSPS) is 13.9. The van der Waals surface area contributed by atoms with E-state index in [1.807, 2.05) is 6.07 Å². The third kappa shape index (κ3) is 5.28. The third-order valence-electron chi connectivity index (χ3n) is 6.30. The summed E-state index contributed by atoms with van der Waals surface area (Å²) in [6, 6.07) is 8.60. The van der Waals surface area contributed by atoms with Gasteiger partial charge in [-0.3, -0.25) is 9.59 Å². The van der Waals surface area contributed by atoms with Crippen LogP contribution >= 0.6 is 11.6 Å². The number of rotatable bonds is 6. The Hall–Kier alpha value is -4.12. The van der Waals surface area contributed by atoms with Gasteiger partial charge in [0, 0.05) is 42.9 Å². The van der Waals surface area contributed by atoms with Crippen LogP contribution in [0.15, 0.2) is 61.2 Å². The van der Waals surface area contributed by atoms with E-state index in [9.17, 15) is 22.8 Å². The van der Waals surface area contributed by atoms with Gasteiger partial charge in [-0.2, -0.15) is 18.3 Å². The summed E-state index contributed by atoms with van der Waals surface area (Å²) in [6.07, 6.45) is 4.13. The topological polar surface area (TPSA) is 95.9 Å². The zero-order valence-corrected chi connectivity index (χ0v) is 20.7. The van der Waals surface area contributed by atoms with Crippen molar-refractivity contribution < 1.29 is 22.8 Å². The van der Waals surface area contributed by atoms with Crippen molar-refractivity contribution in [3.63, 3.8) is 0 Å². The van der Waals surface area contributed by atoms with Crippen LogP contribution in [0.5, 0.6) is 0 Å². The van der Waals surface area contributed by atoms with E-state index >= 15 is 0 Å². The van der Waals surface area contributed by atoms with Crippen LogP contribution in [0.2, 0.25) is 5.02 Å². The third-order valence-corrected chi connectivity index (χ3v) is 6.62. The van der Waals surface area contributed by atoms with E-state index in [0.717, 1.165) is 50.2 Å². The lowest BCUT2D eigenvalue weighted by atomic mass is 10.0. The number of carbonyl (C=O) groups excluding carboxylic acids is 2. The largest absolute Gasteiger partial charge is 0.417 e. The summed E-state index contributed by atoms with van der Waals surface area (Å²) >= 11 is 5.73. The first-order valence-electron chi connectivity index (χ1n) is 11.9. The van der Waals surface area contributed by atoms with Gasteiger partial charge in [-0.25, -0.2) is 9.67 Å². The zero-order chi connectivity index (χ0) is 26.9. The highest BCUT2D eigenvalue weighted by atomic mass is 35.5. The molecule has 196 valence electrons. The molecule has 2 N–H and O–H groups in total. The molecule has 0 bridgehead atoms. The van der Waals surface area contributed by atoms with Gasteiger partial charge in [0.15, 0.2) is 11.6 Å². The lowest BCUT2D eigenvalue weighted by Crippen LogP contribution is -2.29. The predicted molar refractivity (Wildman–Crippen MR) is 136 cm³/mol. The number of H-pyrrole nitrogens is 1. The zero-order valence-electron chi connectivity index (χ0n) is 19.9. The van der Waals surface area contributed by atoms with Crippen molar-refractivity contribution in [2.45, 2.75) is 25.4 Å². The fraction of sp³-hybridized carbons (Fsp3) is 0.231. The van der Waals surface area contributed by atoms with Crippen LogP contribution in [-0.4, -0.2) is 44.5 Å². The number of carbonyl (C=O) groups is 2. The molecule has 8 nitrogen and oxygen atoms in total. The van der Waals surface area contributed by atoms with Gasteiger partial charge in [-0.05, 0) is 55.7 Å². The average molecular weight is 543 g/mol. The van der Waals surface area contributed by atoms with Crippen molar-refractivity contribution in [1.29, 1.82) is 0 Å². The van der Waals surface area contributed by atoms with Gasteiger partial charge in [0.1, 0.15) is 0 Å². The molecule has 1 aliphatic rings. The van der Waals surface area contributed by atoms with E-state index in [1.54, 1.807) is 12.1 Å². The minimum absolute atomic E-state index is 0.0829. The van der Waals surface area contributed by atoms with E-state index in [-0.39, 0.29) is 28.3 Å².